The van der Waals surface area contributed by atoms with Crippen molar-refractivity contribution in [2.24, 2.45) is 5.41 Å². The van der Waals surface area contributed by atoms with E-state index in [1.807, 2.05) is 38.1 Å². The van der Waals surface area contributed by atoms with Gasteiger partial charge in [-0.3, -0.25) is 4.79 Å². The van der Waals surface area contributed by atoms with E-state index in [-0.39, 0.29) is 11.2 Å². The molecule has 0 heterocycles. The van der Waals surface area contributed by atoms with Crippen LogP contribution in [-0.4, -0.2) is 5.78 Å². The number of aryl methyl sites for hydroxylation is 1. The molecule has 18 heavy (non-hydrogen) atoms. The Labute approximate surface area is 109 Å². The van der Waals surface area contributed by atoms with Crippen molar-refractivity contribution < 1.29 is 4.79 Å². The first kappa shape index (κ1) is 12.8. The minimum absolute atomic E-state index is 0.103. The van der Waals surface area contributed by atoms with Gasteiger partial charge in [-0.25, -0.2) is 0 Å². The number of carbonyl (C=O) groups excluding carboxylic acids is 1. The van der Waals surface area contributed by atoms with Crippen molar-refractivity contribution in [1.82, 2.24) is 0 Å². The maximum absolute atomic E-state index is 12.6. The Balaban J connectivity index is 2.26. The zero-order valence-corrected chi connectivity index (χ0v) is 11.1. The van der Waals surface area contributed by atoms with E-state index in [0.29, 0.717) is 0 Å². The molecular weight excluding hydrogens is 222 g/mol. The normalized spacial score (nSPS) is 19.2. The van der Waals surface area contributed by atoms with Crippen molar-refractivity contribution in [3.05, 3.63) is 35.4 Å². The van der Waals surface area contributed by atoms with E-state index in [4.69, 9.17) is 0 Å². The van der Waals surface area contributed by atoms with Gasteiger partial charge in [-0.15, -0.1) is 0 Å². The van der Waals surface area contributed by atoms with Crippen LogP contribution >= 0.6 is 0 Å². The Hall–Kier alpha value is -1.62. The fourth-order valence-corrected chi connectivity index (χ4v) is 2.79. The van der Waals surface area contributed by atoms with Gasteiger partial charge in [0.1, 0.15) is 5.92 Å². The maximum atomic E-state index is 12.6. The molecule has 1 saturated carbocycles. The average Bonchev–Trinajstić information content (AvgIpc) is 2.81. The summed E-state index contributed by atoms with van der Waals surface area (Å²) >= 11 is 0. The number of nitrogens with zero attached hydrogens (tertiary/aromatic N) is 1. The van der Waals surface area contributed by atoms with E-state index in [1.54, 1.807) is 0 Å². The van der Waals surface area contributed by atoms with Crippen molar-refractivity contribution in [1.29, 1.82) is 5.26 Å². The molecule has 2 heteroatoms. The third-order valence-corrected chi connectivity index (χ3v) is 4.10. The standard InChI is InChI=1S/C16H19NO/c1-12-5-7-13(8-6-12)14(11-17)15(18)16(2)9-3-4-10-16/h5-8,14H,3-4,9-10H2,1-2H3. The fourth-order valence-electron chi connectivity index (χ4n) is 2.79. The van der Waals surface area contributed by atoms with Gasteiger partial charge in [0.15, 0.2) is 5.78 Å². The Morgan fingerprint density at radius 2 is 1.83 bits per heavy atom. The van der Waals surface area contributed by atoms with Gasteiger partial charge in [0, 0.05) is 5.41 Å². The van der Waals surface area contributed by atoms with Crippen LogP contribution in [0.5, 0.6) is 0 Å². The first-order valence-electron chi connectivity index (χ1n) is 6.57. The molecule has 0 aliphatic heterocycles. The third-order valence-electron chi connectivity index (χ3n) is 4.10. The Kier molecular flexibility index (Phi) is 3.52. The van der Waals surface area contributed by atoms with Crippen LogP contribution in [0, 0.1) is 23.7 Å². The molecule has 0 amide bonds. The topological polar surface area (TPSA) is 40.9 Å². The van der Waals surface area contributed by atoms with Gasteiger partial charge in [0.05, 0.1) is 6.07 Å². The number of nitriles is 1. The van der Waals surface area contributed by atoms with E-state index >= 15 is 0 Å². The zero-order valence-electron chi connectivity index (χ0n) is 11.1. The molecule has 1 unspecified atom stereocenters. The van der Waals surface area contributed by atoms with Crippen LogP contribution in [0.1, 0.15) is 49.7 Å². The molecule has 1 fully saturated rings. The number of carbonyl (C=O) groups is 1. The molecule has 2 nitrogen and oxygen atoms in total. The average molecular weight is 241 g/mol. The molecule has 1 aliphatic rings. The molecule has 1 aliphatic carbocycles. The van der Waals surface area contributed by atoms with Crippen LogP contribution in [0.2, 0.25) is 0 Å². The Morgan fingerprint density at radius 3 is 2.33 bits per heavy atom. The SMILES string of the molecule is Cc1ccc(C(C#N)C(=O)C2(C)CCCC2)cc1. The molecule has 0 aromatic heterocycles. The monoisotopic (exact) mass is 241 g/mol. The van der Waals surface area contributed by atoms with Crippen LogP contribution in [0.25, 0.3) is 0 Å². The molecule has 1 aromatic carbocycles. The van der Waals surface area contributed by atoms with E-state index in [9.17, 15) is 10.1 Å². The highest BCUT2D eigenvalue weighted by Gasteiger charge is 2.40. The minimum Gasteiger partial charge on any atom is -0.297 e. The summed E-state index contributed by atoms with van der Waals surface area (Å²) in [5.41, 5.74) is 1.70. The van der Waals surface area contributed by atoms with Crippen LogP contribution < -0.4 is 0 Å². The van der Waals surface area contributed by atoms with E-state index in [2.05, 4.69) is 6.07 Å². The third kappa shape index (κ3) is 2.31. The number of hydrogen-bond donors (Lipinski definition) is 0. The lowest BCUT2D eigenvalue weighted by atomic mass is 9.76. The van der Waals surface area contributed by atoms with Gasteiger partial charge in [-0.05, 0) is 25.3 Å². The lowest BCUT2D eigenvalue weighted by Gasteiger charge is -2.24. The molecule has 0 bridgehead atoms. The van der Waals surface area contributed by atoms with Crippen molar-refractivity contribution in [2.45, 2.75) is 45.4 Å². The van der Waals surface area contributed by atoms with Crippen LogP contribution in [0.4, 0.5) is 0 Å². The predicted molar refractivity (Wildman–Crippen MR) is 71.1 cm³/mol. The van der Waals surface area contributed by atoms with Crippen molar-refractivity contribution in [3.8, 4) is 6.07 Å². The lowest BCUT2D eigenvalue weighted by Crippen LogP contribution is -2.29. The Morgan fingerprint density at radius 1 is 1.28 bits per heavy atom. The smallest absolute Gasteiger partial charge is 0.160 e. The molecule has 1 atom stereocenters. The predicted octanol–water partition coefficient (Wildman–Crippen LogP) is 3.75. The second-order valence-electron chi connectivity index (χ2n) is 5.60. The maximum Gasteiger partial charge on any atom is 0.160 e. The van der Waals surface area contributed by atoms with Gasteiger partial charge < -0.3 is 0 Å². The summed E-state index contributed by atoms with van der Waals surface area (Å²) in [6, 6.07) is 9.92. The van der Waals surface area contributed by atoms with Crippen molar-refractivity contribution in [3.63, 3.8) is 0 Å². The van der Waals surface area contributed by atoms with Crippen molar-refractivity contribution in [2.75, 3.05) is 0 Å². The zero-order chi connectivity index (χ0) is 13.2. The van der Waals surface area contributed by atoms with E-state index < -0.39 is 5.92 Å². The molecule has 0 saturated heterocycles. The molecule has 94 valence electrons. The highest BCUT2D eigenvalue weighted by molar-refractivity contribution is 5.93. The van der Waals surface area contributed by atoms with Crippen LogP contribution in [-0.2, 0) is 4.79 Å². The lowest BCUT2D eigenvalue weighted by molar-refractivity contribution is -0.128. The summed E-state index contributed by atoms with van der Waals surface area (Å²) in [6.07, 6.45) is 4.06. The highest BCUT2D eigenvalue weighted by atomic mass is 16.1. The van der Waals surface area contributed by atoms with E-state index in [1.165, 1.54) is 0 Å². The fraction of sp³-hybridized carbons (Fsp3) is 0.500. The van der Waals surface area contributed by atoms with Crippen molar-refractivity contribution >= 4 is 5.78 Å². The first-order chi connectivity index (χ1) is 8.57. The summed E-state index contributed by atoms with van der Waals surface area (Å²) in [5, 5.41) is 9.32. The molecule has 1 aromatic rings. The first-order valence-corrected chi connectivity index (χ1v) is 6.57. The summed E-state index contributed by atoms with van der Waals surface area (Å²) in [7, 11) is 0. The largest absolute Gasteiger partial charge is 0.297 e. The number of ketones is 1. The summed E-state index contributed by atoms with van der Waals surface area (Å²) in [5.74, 6) is -0.500. The van der Waals surface area contributed by atoms with Crippen LogP contribution in [0.3, 0.4) is 0 Å². The summed E-state index contributed by atoms with van der Waals surface area (Å²) in [6.45, 7) is 4.02. The van der Waals surface area contributed by atoms with E-state index in [0.717, 1.165) is 36.8 Å². The second kappa shape index (κ2) is 4.94. The molecule has 0 N–H and O–H groups in total. The number of Topliss-reactive ketones (excluding diaryl/α,β-unsaturated/α-hetero) is 1. The second-order valence-corrected chi connectivity index (χ2v) is 5.60. The molecule has 2 rings (SSSR count). The highest BCUT2D eigenvalue weighted by Crippen LogP contribution is 2.41. The quantitative estimate of drug-likeness (QED) is 0.808. The summed E-state index contributed by atoms with van der Waals surface area (Å²) in [4.78, 5) is 12.6. The number of benzene rings is 1. The number of hydrogen-bond acceptors (Lipinski definition) is 2. The van der Waals surface area contributed by atoms with Gasteiger partial charge in [-0.2, -0.15) is 5.26 Å². The van der Waals surface area contributed by atoms with Gasteiger partial charge in [0.2, 0.25) is 0 Å². The molecule has 0 radical (unpaired) electrons. The van der Waals surface area contributed by atoms with Crippen LogP contribution in [0.15, 0.2) is 24.3 Å². The van der Waals surface area contributed by atoms with Gasteiger partial charge in [0.25, 0.3) is 0 Å². The minimum atomic E-state index is -0.603. The van der Waals surface area contributed by atoms with Gasteiger partial charge in [-0.1, -0.05) is 49.6 Å². The number of rotatable bonds is 3. The Bertz CT molecular complexity index is 475. The molecule has 0 spiro atoms. The molecular formula is C16H19NO. The summed E-state index contributed by atoms with van der Waals surface area (Å²) < 4.78 is 0. The van der Waals surface area contributed by atoms with Gasteiger partial charge >= 0.3 is 0 Å².